The second-order valence-electron chi connectivity index (χ2n) is 17.9. The number of aromatic hydroxyl groups is 1. The molecule has 12 nitrogen and oxygen atoms in total. The van der Waals surface area contributed by atoms with Gasteiger partial charge < -0.3 is 38.8 Å². The molecule has 5 saturated heterocycles. The number of pyridine rings is 1. The van der Waals surface area contributed by atoms with Gasteiger partial charge in [0, 0.05) is 40.9 Å². The number of fused-ring (bicyclic) bond motifs is 3. The minimum Gasteiger partial charge on any atom is -0.508 e. The van der Waals surface area contributed by atoms with Crippen molar-refractivity contribution in [2.75, 3.05) is 71.2 Å². The van der Waals surface area contributed by atoms with E-state index in [2.05, 4.69) is 16.8 Å². The Morgan fingerprint density at radius 2 is 1.80 bits per heavy atom. The second kappa shape index (κ2) is 12.8. The lowest BCUT2D eigenvalue weighted by atomic mass is 9.55. The number of benzene rings is 2. The molecule has 2 aromatic carbocycles. The van der Waals surface area contributed by atoms with Crippen molar-refractivity contribution in [3.63, 3.8) is 0 Å². The van der Waals surface area contributed by atoms with Gasteiger partial charge in [0.25, 0.3) is 0 Å². The maximum absolute atomic E-state index is 17.3. The van der Waals surface area contributed by atoms with Gasteiger partial charge in [0.15, 0.2) is 5.82 Å². The van der Waals surface area contributed by atoms with Crippen LogP contribution >= 0.6 is 0 Å². The second-order valence-corrected chi connectivity index (χ2v) is 17.9. The SMILES string of the molecule is COc1nc(-c2cc(O)cc3cccc(F)c23)c(F)c2nc(OC[C@]34CCC[C@H]3N(CC35CC(C)(C3)OC53COC3)CCC4)nc(N3CCOC[C@@](C)(O)C3)c12. The van der Waals surface area contributed by atoms with Crippen molar-refractivity contribution in [3.8, 4) is 28.9 Å². The van der Waals surface area contributed by atoms with Crippen LogP contribution in [0.15, 0.2) is 30.3 Å². The summed E-state index contributed by atoms with van der Waals surface area (Å²) in [5.74, 6) is -1.32. The highest BCUT2D eigenvalue weighted by Crippen LogP contribution is 2.69. The van der Waals surface area contributed by atoms with Crippen LogP contribution in [0, 0.1) is 22.5 Å². The fraction of sp³-hybridized carbons (Fsp3) is 0.595. The molecule has 14 heteroatoms. The van der Waals surface area contributed by atoms with Crippen LogP contribution in [0.4, 0.5) is 14.6 Å². The maximum atomic E-state index is 17.3. The van der Waals surface area contributed by atoms with Gasteiger partial charge in [-0.15, -0.1) is 0 Å². The summed E-state index contributed by atoms with van der Waals surface area (Å²) in [6.45, 7) is 8.50. The summed E-state index contributed by atoms with van der Waals surface area (Å²) in [6.07, 6.45) is 7.33. The smallest absolute Gasteiger partial charge is 0.319 e. The zero-order chi connectivity index (χ0) is 38.7. The topological polar surface area (TPSA) is 132 Å². The molecule has 2 saturated carbocycles. The van der Waals surface area contributed by atoms with Crippen LogP contribution in [-0.2, 0) is 14.2 Å². The molecule has 3 atom stereocenters. The Kier molecular flexibility index (Phi) is 8.30. The lowest BCUT2D eigenvalue weighted by Gasteiger charge is -2.55. The number of anilines is 1. The maximum Gasteiger partial charge on any atom is 0.319 e. The monoisotopic (exact) mass is 773 g/mol. The van der Waals surface area contributed by atoms with E-state index >= 15 is 8.78 Å². The molecule has 0 amide bonds. The molecule has 1 spiro atoms. The lowest BCUT2D eigenvalue weighted by Crippen LogP contribution is -2.65. The minimum absolute atomic E-state index is 0.00459. The first-order chi connectivity index (χ1) is 26.9. The molecular weight excluding hydrogens is 724 g/mol. The molecular formula is C42H49F2N5O7. The number of hydrogen-bond donors (Lipinski definition) is 2. The van der Waals surface area contributed by atoms with E-state index in [1.807, 2.05) is 4.90 Å². The van der Waals surface area contributed by atoms with E-state index < -0.39 is 17.2 Å². The number of methoxy groups -OCH3 is 1. The fourth-order valence-electron chi connectivity index (χ4n) is 11.5. The molecule has 7 fully saturated rings. The first-order valence-electron chi connectivity index (χ1n) is 19.9. The number of aliphatic hydroxyl groups is 1. The van der Waals surface area contributed by atoms with Crippen LogP contribution in [-0.4, -0.2) is 119 Å². The number of hydrogen-bond acceptors (Lipinski definition) is 12. The third-order valence-electron chi connectivity index (χ3n) is 13.7. The van der Waals surface area contributed by atoms with Gasteiger partial charge in [-0.2, -0.15) is 9.97 Å². The number of ether oxygens (including phenoxy) is 5. The Balaban J connectivity index is 1.04. The highest BCUT2D eigenvalue weighted by molar-refractivity contribution is 6.02. The molecule has 11 rings (SSSR count). The summed E-state index contributed by atoms with van der Waals surface area (Å²) in [7, 11) is 1.41. The van der Waals surface area contributed by atoms with Gasteiger partial charge in [-0.25, -0.2) is 13.8 Å². The van der Waals surface area contributed by atoms with E-state index in [9.17, 15) is 10.2 Å². The third kappa shape index (κ3) is 5.57. The van der Waals surface area contributed by atoms with Crippen LogP contribution in [0.3, 0.4) is 0 Å². The Bertz CT molecular complexity index is 2230. The van der Waals surface area contributed by atoms with E-state index in [1.54, 1.807) is 13.0 Å². The van der Waals surface area contributed by atoms with Crippen molar-refractivity contribution in [2.24, 2.45) is 10.8 Å². The predicted molar refractivity (Wildman–Crippen MR) is 203 cm³/mol. The van der Waals surface area contributed by atoms with Crippen LogP contribution in [0.25, 0.3) is 32.9 Å². The van der Waals surface area contributed by atoms with Crippen LogP contribution in [0.5, 0.6) is 17.6 Å². The number of aromatic nitrogens is 3. The number of rotatable bonds is 8. The zero-order valence-electron chi connectivity index (χ0n) is 32.2. The molecule has 5 aliphatic heterocycles. The molecule has 0 radical (unpaired) electrons. The van der Waals surface area contributed by atoms with Crippen LogP contribution in [0.1, 0.15) is 58.8 Å². The summed E-state index contributed by atoms with van der Waals surface area (Å²) >= 11 is 0. The van der Waals surface area contributed by atoms with Gasteiger partial charge in [-0.1, -0.05) is 18.6 Å². The van der Waals surface area contributed by atoms with Crippen molar-refractivity contribution < 1.29 is 42.7 Å². The van der Waals surface area contributed by atoms with Crippen LogP contribution in [0.2, 0.25) is 0 Å². The summed E-state index contributed by atoms with van der Waals surface area (Å²) < 4.78 is 63.2. The number of halogens is 2. The van der Waals surface area contributed by atoms with Crippen molar-refractivity contribution in [3.05, 3.63) is 42.0 Å². The summed E-state index contributed by atoms with van der Waals surface area (Å²) in [5, 5.41) is 22.5. The average molecular weight is 774 g/mol. The fourth-order valence-corrected chi connectivity index (χ4v) is 11.5. The van der Waals surface area contributed by atoms with E-state index in [0.29, 0.717) is 44.4 Å². The Morgan fingerprint density at radius 3 is 2.59 bits per heavy atom. The van der Waals surface area contributed by atoms with Gasteiger partial charge >= 0.3 is 6.01 Å². The lowest BCUT2D eigenvalue weighted by molar-refractivity contribution is -0.218. The van der Waals surface area contributed by atoms with E-state index in [-0.39, 0.29) is 86.2 Å². The van der Waals surface area contributed by atoms with Crippen molar-refractivity contribution >= 4 is 27.5 Å². The van der Waals surface area contributed by atoms with Gasteiger partial charge in [0.1, 0.15) is 45.2 Å². The van der Waals surface area contributed by atoms with Crippen LogP contribution < -0.4 is 14.4 Å². The molecule has 2 aliphatic carbocycles. The molecule has 4 aromatic rings. The molecule has 56 heavy (non-hydrogen) atoms. The average Bonchev–Trinajstić information content (AvgIpc) is 3.72. The molecule has 2 N–H and O–H groups in total. The van der Waals surface area contributed by atoms with Crippen molar-refractivity contribution in [2.45, 2.75) is 81.6 Å². The molecule has 7 aliphatic rings. The largest absolute Gasteiger partial charge is 0.508 e. The van der Waals surface area contributed by atoms with Crippen molar-refractivity contribution in [1.82, 2.24) is 19.9 Å². The number of piperidine rings is 1. The van der Waals surface area contributed by atoms with Gasteiger partial charge in [0.2, 0.25) is 5.88 Å². The highest BCUT2D eigenvalue weighted by atomic mass is 19.1. The number of nitrogens with zero attached hydrogens (tertiary/aromatic N) is 5. The number of β-amino-alcohol motifs (C(OH)–C–C–N with tert-alkyl or cyclic N) is 1. The minimum atomic E-state index is -1.24. The Hall–Kier alpha value is -3.95. The quantitative estimate of drug-likeness (QED) is 0.225. The predicted octanol–water partition coefficient (Wildman–Crippen LogP) is 5.78. The first kappa shape index (κ1) is 36.4. The van der Waals surface area contributed by atoms with E-state index in [1.165, 1.54) is 31.4 Å². The Morgan fingerprint density at radius 1 is 0.982 bits per heavy atom. The van der Waals surface area contributed by atoms with Crippen molar-refractivity contribution in [1.29, 1.82) is 0 Å². The molecule has 0 unspecified atom stereocenters. The van der Waals surface area contributed by atoms with Gasteiger partial charge in [0.05, 0.1) is 52.3 Å². The highest BCUT2D eigenvalue weighted by Gasteiger charge is 2.76. The van der Waals surface area contributed by atoms with E-state index in [0.717, 1.165) is 58.0 Å². The first-order valence-corrected chi connectivity index (χ1v) is 19.9. The van der Waals surface area contributed by atoms with Gasteiger partial charge in [-0.3, -0.25) is 4.90 Å². The van der Waals surface area contributed by atoms with Gasteiger partial charge in [-0.05, 0) is 82.5 Å². The summed E-state index contributed by atoms with van der Waals surface area (Å²) in [6, 6.07) is 7.47. The standard InChI is InChI=1S/C42H49F2N5O7/c1-38(51)19-49(13-14-53-21-38)35-31-34(32(44)33(45-36(31)52-3)27-16-26(50)15-25-7-4-8-28(43)30(25)27)46-37(47-35)55-22-40-10-5-9-29(40)48(12-6-11-40)20-41-17-39(2,18-41)56-42(41)23-54-24-42/h4,7-8,15-16,29,50-51H,5-6,9-14,17-24H2,1-3H3/t29-,38+,39?,40-,41?/m1/s1. The zero-order valence-corrected chi connectivity index (χ0v) is 32.2. The number of phenols is 1. The molecule has 2 aromatic heterocycles. The molecule has 2 bridgehead atoms. The molecule has 7 heterocycles. The normalized spacial score (nSPS) is 32.3. The van der Waals surface area contributed by atoms with E-state index in [4.69, 9.17) is 33.7 Å². The number of phenolic OH excluding ortho intramolecular Hbond substituents is 1. The molecule has 298 valence electrons. The number of likely N-dealkylation sites (tertiary alicyclic amines) is 1. The summed E-state index contributed by atoms with van der Waals surface area (Å²) in [4.78, 5) is 18.7. The Labute approximate surface area is 324 Å². The third-order valence-corrected chi connectivity index (χ3v) is 13.7. The summed E-state index contributed by atoms with van der Waals surface area (Å²) in [5.41, 5.74) is -1.82.